The second-order valence-electron chi connectivity index (χ2n) is 5.65. The highest BCUT2D eigenvalue weighted by Crippen LogP contribution is 2.44. The first-order valence-corrected chi connectivity index (χ1v) is 8.21. The number of hydrogen-bond acceptors (Lipinski definition) is 4. The molecule has 3 atom stereocenters. The molecule has 3 rings (SSSR count). The van der Waals surface area contributed by atoms with Crippen LogP contribution in [0.25, 0.3) is 0 Å². The molecule has 0 spiro atoms. The van der Waals surface area contributed by atoms with Crippen LogP contribution < -0.4 is 4.72 Å². The van der Waals surface area contributed by atoms with E-state index in [2.05, 4.69) is 4.72 Å². The van der Waals surface area contributed by atoms with Crippen molar-refractivity contribution < 1.29 is 13.3 Å². The number of nitrogens with zero attached hydrogens (tertiary/aromatic N) is 1. The highest BCUT2D eigenvalue weighted by Gasteiger charge is 2.41. The van der Waals surface area contributed by atoms with Crippen molar-refractivity contribution in [2.45, 2.75) is 36.6 Å². The Balaban J connectivity index is 1.76. The van der Waals surface area contributed by atoms with Crippen molar-refractivity contribution >= 4 is 15.7 Å². The number of nitrogens with one attached hydrogen (secondary N) is 1. The van der Waals surface area contributed by atoms with E-state index in [1.54, 1.807) is 0 Å². The molecule has 0 unspecified atom stereocenters. The zero-order valence-corrected chi connectivity index (χ0v) is 11.7. The molecule has 0 aliphatic heterocycles. The summed E-state index contributed by atoms with van der Waals surface area (Å²) in [5.41, 5.74) is -0.108. The summed E-state index contributed by atoms with van der Waals surface area (Å²) >= 11 is 0. The van der Waals surface area contributed by atoms with Crippen LogP contribution in [0.1, 0.15) is 25.7 Å². The molecule has 0 aromatic heterocycles. The molecule has 2 fully saturated rings. The van der Waals surface area contributed by atoms with E-state index >= 15 is 0 Å². The molecule has 7 heteroatoms. The molecule has 2 aliphatic rings. The fourth-order valence-electron chi connectivity index (χ4n) is 3.40. The lowest BCUT2D eigenvalue weighted by molar-refractivity contribution is -0.384. The first kappa shape index (κ1) is 13.5. The Morgan fingerprint density at radius 2 is 1.85 bits per heavy atom. The van der Waals surface area contributed by atoms with Crippen molar-refractivity contribution in [3.8, 4) is 0 Å². The minimum absolute atomic E-state index is 0.0222. The molecule has 1 aromatic carbocycles. The van der Waals surface area contributed by atoms with Gasteiger partial charge in [-0.1, -0.05) is 6.42 Å². The fraction of sp³-hybridized carbons (Fsp3) is 0.538. The lowest BCUT2D eigenvalue weighted by atomic mass is 9.96. The number of non-ortho nitro benzene ring substituents is 1. The summed E-state index contributed by atoms with van der Waals surface area (Å²) in [6, 6.07) is 5.03. The summed E-state index contributed by atoms with van der Waals surface area (Å²) in [5, 5.41) is 10.6. The van der Waals surface area contributed by atoms with Crippen LogP contribution in [-0.4, -0.2) is 19.4 Å². The maximum atomic E-state index is 12.3. The third kappa shape index (κ3) is 2.43. The molecule has 20 heavy (non-hydrogen) atoms. The van der Waals surface area contributed by atoms with Gasteiger partial charge in [0, 0.05) is 18.2 Å². The molecule has 1 aromatic rings. The summed E-state index contributed by atoms with van der Waals surface area (Å²) in [6.45, 7) is 0. The molecule has 2 saturated carbocycles. The average Bonchev–Trinajstić information content (AvgIpc) is 3.00. The van der Waals surface area contributed by atoms with Crippen LogP contribution in [0.15, 0.2) is 29.2 Å². The van der Waals surface area contributed by atoms with Gasteiger partial charge in [0.2, 0.25) is 10.0 Å². The second-order valence-corrected chi connectivity index (χ2v) is 7.37. The summed E-state index contributed by atoms with van der Waals surface area (Å²) in [4.78, 5) is 10.1. The molecule has 108 valence electrons. The van der Waals surface area contributed by atoms with Gasteiger partial charge in [-0.3, -0.25) is 10.1 Å². The van der Waals surface area contributed by atoms with E-state index in [9.17, 15) is 18.5 Å². The number of sulfonamides is 1. The Kier molecular flexibility index (Phi) is 3.25. The summed E-state index contributed by atoms with van der Waals surface area (Å²) in [7, 11) is -3.58. The quantitative estimate of drug-likeness (QED) is 0.680. The highest BCUT2D eigenvalue weighted by atomic mass is 32.2. The standard InChI is InChI=1S/C13H16N2O4S/c16-15(17)11-3-5-12(6-4-11)20(18,19)14-13-8-9-1-2-10(13)7-9/h3-6,9-10,13-14H,1-2,7-8H2/t9-,10-,13+/m0/s1. The Bertz CT molecular complexity index is 626. The minimum Gasteiger partial charge on any atom is -0.258 e. The number of hydrogen-bond donors (Lipinski definition) is 1. The van der Waals surface area contributed by atoms with Crippen molar-refractivity contribution in [2.75, 3.05) is 0 Å². The molecule has 0 amide bonds. The maximum absolute atomic E-state index is 12.3. The fourth-order valence-corrected chi connectivity index (χ4v) is 4.72. The largest absolute Gasteiger partial charge is 0.269 e. The smallest absolute Gasteiger partial charge is 0.258 e. The van der Waals surface area contributed by atoms with Crippen LogP contribution in [0, 0.1) is 22.0 Å². The Morgan fingerprint density at radius 3 is 2.35 bits per heavy atom. The molecule has 0 radical (unpaired) electrons. The second kappa shape index (κ2) is 4.82. The van der Waals surface area contributed by atoms with Crippen molar-refractivity contribution in [3.63, 3.8) is 0 Å². The van der Waals surface area contributed by atoms with Crippen molar-refractivity contribution in [2.24, 2.45) is 11.8 Å². The van der Waals surface area contributed by atoms with Gasteiger partial charge in [0.15, 0.2) is 0 Å². The first-order valence-electron chi connectivity index (χ1n) is 6.72. The zero-order valence-electron chi connectivity index (χ0n) is 10.9. The third-order valence-corrected chi connectivity index (χ3v) is 5.91. The van der Waals surface area contributed by atoms with Gasteiger partial charge in [-0.25, -0.2) is 13.1 Å². The predicted octanol–water partition coefficient (Wildman–Crippen LogP) is 2.06. The van der Waals surface area contributed by atoms with E-state index in [1.807, 2.05) is 0 Å². The topological polar surface area (TPSA) is 89.3 Å². The number of fused-ring (bicyclic) bond motifs is 2. The van der Waals surface area contributed by atoms with Crippen molar-refractivity contribution in [1.29, 1.82) is 0 Å². The molecular weight excluding hydrogens is 280 g/mol. The molecular formula is C13H16N2O4S. The summed E-state index contributed by atoms with van der Waals surface area (Å²) < 4.78 is 27.3. The van der Waals surface area contributed by atoms with E-state index < -0.39 is 14.9 Å². The molecule has 6 nitrogen and oxygen atoms in total. The van der Waals surface area contributed by atoms with Crippen LogP contribution in [0.5, 0.6) is 0 Å². The monoisotopic (exact) mass is 296 g/mol. The highest BCUT2D eigenvalue weighted by molar-refractivity contribution is 7.89. The normalized spacial score (nSPS) is 28.7. The van der Waals surface area contributed by atoms with Crippen molar-refractivity contribution in [3.05, 3.63) is 34.4 Å². The van der Waals surface area contributed by atoms with Crippen LogP contribution >= 0.6 is 0 Å². The van der Waals surface area contributed by atoms with E-state index in [0.717, 1.165) is 19.3 Å². The zero-order chi connectivity index (χ0) is 14.3. The minimum atomic E-state index is -3.58. The van der Waals surface area contributed by atoms with Gasteiger partial charge in [0.05, 0.1) is 9.82 Å². The first-order chi connectivity index (χ1) is 9.45. The maximum Gasteiger partial charge on any atom is 0.269 e. The van der Waals surface area contributed by atoms with Gasteiger partial charge >= 0.3 is 0 Å². The Morgan fingerprint density at radius 1 is 1.15 bits per heavy atom. The van der Waals surface area contributed by atoms with Crippen molar-refractivity contribution in [1.82, 2.24) is 4.72 Å². The molecule has 2 bridgehead atoms. The molecule has 1 N–H and O–H groups in total. The van der Waals surface area contributed by atoms with E-state index in [-0.39, 0.29) is 16.6 Å². The molecule has 0 heterocycles. The van der Waals surface area contributed by atoms with Crippen LogP contribution in [-0.2, 0) is 10.0 Å². The van der Waals surface area contributed by atoms with Gasteiger partial charge in [0.1, 0.15) is 0 Å². The SMILES string of the molecule is O=[N+]([O-])c1ccc(S(=O)(=O)N[C@@H]2C[C@H]3CC[C@H]2C3)cc1. The number of rotatable bonds is 4. The van der Waals surface area contributed by atoms with Gasteiger partial charge < -0.3 is 0 Å². The van der Waals surface area contributed by atoms with Crippen LogP contribution in [0.4, 0.5) is 5.69 Å². The predicted molar refractivity (Wildman–Crippen MR) is 72.7 cm³/mol. The van der Waals surface area contributed by atoms with Gasteiger partial charge in [-0.15, -0.1) is 0 Å². The third-order valence-electron chi connectivity index (χ3n) is 4.40. The number of benzene rings is 1. The lowest BCUT2D eigenvalue weighted by Gasteiger charge is -2.22. The van der Waals surface area contributed by atoms with E-state index in [0.29, 0.717) is 11.8 Å². The number of nitro benzene ring substituents is 1. The Labute approximate surface area is 117 Å². The van der Waals surface area contributed by atoms with Gasteiger partial charge in [0.25, 0.3) is 5.69 Å². The molecule has 2 aliphatic carbocycles. The van der Waals surface area contributed by atoms with Gasteiger partial charge in [-0.2, -0.15) is 0 Å². The summed E-state index contributed by atoms with van der Waals surface area (Å²) in [6.07, 6.45) is 4.34. The summed E-state index contributed by atoms with van der Waals surface area (Å²) in [5.74, 6) is 1.11. The van der Waals surface area contributed by atoms with E-state index in [4.69, 9.17) is 0 Å². The number of nitro groups is 1. The average molecular weight is 296 g/mol. The molecule has 0 saturated heterocycles. The Hall–Kier alpha value is -1.47. The lowest BCUT2D eigenvalue weighted by Crippen LogP contribution is -2.38. The van der Waals surface area contributed by atoms with Crippen LogP contribution in [0.2, 0.25) is 0 Å². The van der Waals surface area contributed by atoms with E-state index in [1.165, 1.54) is 30.7 Å². The van der Waals surface area contributed by atoms with Gasteiger partial charge in [-0.05, 0) is 43.2 Å². The van der Waals surface area contributed by atoms with Crippen LogP contribution in [0.3, 0.4) is 0 Å².